The van der Waals surface area contributed by atoms with Crippen molar-refractivity contribution >= 4 is 0 Å². The van der Waals surface area contributed by atoms with Crippen LogP contribution in [0.15, 0.2) is 0 Å². The first-order valence-corrected chi connectivity index (χ1v) is 10.6. The van der Waals surface area contributed by atoms with E-state index in [1.54, 1.807) is 0 Å². The van der Waals surface area contributed by atoms with Crippen LogP contribution in [0.3, 0.4) is 0 Å². The Balaban J connectivity index is 1.72. The third kappa shape index (κ3) is 5.37. The minimum atomic E-state index is -1.91. The fourth-order valence-electron chi connectivity index (χ4n) is 4.06. The summed E-state index contributed by atoms with van der Waals surface area (Å²) in [5, 5.41) is 109. The highest BCUT2D eigenvalue weighted by Crippen LogP contribution is 2.32. The maximum atomic E-state index is 10.6. The molecule has 0 saturated carbocycles. The van der Waals surface area contributed by atoms with Crippen LogP contribution in [0, 0.1) is 0 Å². The molecule has 0 radical (unpaired) electrons. The van der Waals surface area contributed by atoms with Crippen LogP contribution in [-0.4, -0.2) is 168 Å². The summed E-state index contributed by atoms with van der Waals surface area (Å²) in [5.74, 6) is 0. The number of rotatable bonds is 7. The van der Waals surface area contributed by atoms with E-state index in [1.165, 1.54) is 0 Å². The van der Waals surface area contributed by atoms with Gasteiger partial charge >= 0.3 is 0 Å². The third-order valence-electron chi connectivity index (χ3n) is 6.09. The molecule has 200 valence electrons. The first-order chi connectivity index (χ1) is 16.0. The van der Waals surface area contributed by atoms with Gasteiger partial charge in [0.1, 0.15) is 73.2 Å². The van der Waals surface area contributed by atoms with E-state index < -0.39 is 112 Å². The summed E-state index contributed by atoms with van der Waals surface area (Å²) >= 11 is 0. The van der Waals surface area contributed by atoms with Gasteiger partial charge in [0.2, 0.25) is 0 Å². The van der Waals surface area contributed by atoms with Gasteiger partial charge in [0.05, 0.1) is 19.8 Å². The lowest BCUT2D eigenvalue weighted by atomic mass is 9.96. The van der Waals surface area contributed by atoms with Crippen molar-refractivity contribution in [1.29, 1.82) is 0 Å². The Morgan fingerprint density at radius 3 is 1.35 bits per heavy atom. The number of aliphatic hydroxyl groups excluding tert-OH is 11. The van der Waals surface area contributed by atoms with Crippen LogP contribution in [0.4, 0.5) is 0 Å². The second kappa shape index (κ2) is 11.6. The monoisotopic (exact) mass is 504 g/mol. The maximum Gasteiger partial charge on any atom is 0.187 e. The quantitative estimate of drug-likeness (QED) is 0.154. The van der Waals surface area contributed by atoms with Crippen molar-refractivity contribution < 1.29 is 79.9 Å². The van der Waals surface area contributed by atoms with Gasteiger partial charge in [-0.1, -0.05) is 0 Å². The van der Waals surface area contributed by atoms with E-state index in [2.05, 4.69) is 0 Å². The standard InChI is InChI=1S/C18H32O16/c19-1-4-7(22)8(23)12(27)17(31-4)34-15-6(3-21)32-18(13(28)10(15)25)33-14-5(2-20)30-16(29)11(26)9(14)24/h4-29H,1-3H2/t4-,5-,6-,7+,8+,9-,10-,11-,12-,13-,14+,15+,16-,17-,18+/m1/s1. The molecule has 0 unspecified atom stereocenters. The summed E-state index contributed by atoms with van der Waals surface area (Å²) in [6.45, 7) is -2.32. The molecule has 0 spiro atoms. The molecule has 3 aliphatic heterocycles. The van der Waals surface area contributed by atoms with Gasteiger partial charge < -0.3 is 79.9 Å². The topological polar surface area (TPSA) is 269 Å². The van der Waals surface area contributed by atoms with E-state index in [0.29, 0.717) is 0 Å². The second-order valence-electron chi connectivity index (χ2n) is 8.33. The lowest BCUT2D eigenvalue weighted by molar-refractivity contribution is -0.377. The average Bonchev–Trinajstić information content (AvgIpc) is 2.83. The van der Waals surface area contributed by atoms with Gasteiger partial charge in [-0.25, -0.2) is 0 Å². The Morgan fingerprint density at radius 2 is 0.853 bits per heavy atom. The minimum absolute atomic E-state index is 0.741. The van der Waals surface area contributed by atoms with Crippen LogP contribution in [0.2, 0.25) is 0 Å². The Labute approximate surface area is 192 Å². The van der Waals surface area contributed by atoms with Gasteiger partial charge in [0.15, 0.2) is 18.9 Å². The summed E-state index contributed by atoms with van der Waals surface area (Å²) in [7, 11) is 0. The number of hydrogen-bond acceptors (Lipinski definition) is 16. The molecule has 3 heterocycles. The molecule has 11 N–H and O–H groups in total. The van der Waals surface area contributed by atoms with E-state index in [0.717, 1.165) is 0 Å². The SMILES string of the molecule is OC[C@H]1O[C@H](O[C@@H]2[C@H](O)[C@@H](O)[C@H](O[C@@H]3[C@H](O)[C@@H](O)[C@H](O)O[C@@H]3CO)O[C@@H]2CO)[C@H](O)[C@@H](O)[C@H]1O. The highest BCUT2D eigenvalue weighted by Gasteiger charge is 2.53. The van der Waals surface area contributed by atoms with Crippen molar-refractivity contribution in [1.82, 2.24) is 0 Å². The third-order valence-corrected chi connectivity index (χ3v) is 6.09. The lowest BCUT2D eigenvalue weighted by Gasteiger charge is -2.47. The van der Waals surface area contributed by atoms with E-state index in [1.807, 2.05) is 0 Å². The Morgan fingerprint density at radius 1 is 0.441 bits per heavy atom. The van der Waals surface area contributed by atoms with Crippen molar-refractivity contribution in [3.8, 4) is 0 Å². The van der Waals surface area contributed by atoms with Crippen LogP contribution in [-0.2, 0) is 23.7 Å². The second-order valence-corrected chi connectivity index (χ2v) is 8.33. The van der Waals surface area contributed by atoms with Crippen LogP contribution < -0.4 is 0 Å². The first-order valence-electron chi connectivity index (χ1n) is 10.6. The van der Waals surface area contributed by atoms with Crippen LogP contribution in [0.1, 0.15) is 0 Å². The van der Waals surface area contributed by atoms with E-state index in [9.17, 15) is 56.2 Å². The lowest BCUT2D eigenvalue weighted by Crippen LogP contribution is -2.66. The normalized spacial score (nSPS) is 52.5. The molecule has 3 fully saturated rings. The Kier molecular flexibility index (Phi) is 9.54. The zero-order chi connectivity index (χ0) is 25.3. The predicted molar refractivity (Wildman–Crippen MR) is 101 cm³/mol. The molecule has 0 amide bonds. The van der Waals surface area contributed by atoms with Crippen molar-refractivity contribution in [2.45, 2.75) is 92.1 Å². The maximum absolute atomic E-state index is 10.6. The molecule has 0 bridgehead atoms. The van der Waals surface area contributed by atoms with Crippen molar-refractivity contribution in [2.24, 2.45) is 0 Å². The van der Waals surface area contributed by atoms with E-state index >= 15 is 0 Å². The van der Waals surface area contributed by atoms with Crippen LogP contribution in [0.5, 0.6) is 0 Å². The molecule has 0 aromatic heterocycles. The fourth-order valence-corrected chi connectivity index (χ4v) is 4.06. The molecule has 16 nitrogen and oxygen atoms in total. The van der Waals surface area contributed by atoms with Gasteiger partial charge in [-0.3, -0.25) is 0 Å². The average molecular weight is 504 g/mol. The fraction of sp³-hybridized carbons (Fsp3) is 1.00. The largest absolute Gasteiger partial charge is 0.394 e. The van der Waals surface area contributed by atoms with Crippen molar-refractivity contribution in [3.05, 3.63) is 0 Å². The van der Waals surface area contributed by atoms with Gasteiger partial charge in [-0.05, 0) is 0 Å². The van der Waals surface area contributed by atoms with Gasteiger partial charge in [0, 0.05) is 0 Å². The van der Waals surface area contributed by atoms with Crippen LogP contribution in [0.25, 0.3) is 0 Å². The highest BCUT2D eigenvalue weighted by atomic mass is 16.8. The molecule has 3 rings (SSSR count). The molecular formula is C18H32O16. The molecule has 0 aliphatic carbocycles. The summed E-state index contributed by atoms with van der Waals surface area (Å²) in [4.78, 5) is 0. The van der Waals surface area contributed by atoms with Gasteiger partial charge in [0.25, 0.3) is 0 Å². The van der Waals surface area contributed by atoms with Crippen molar-refractivity contribution in [2.75, 3.05) is 19.8 Å². The van der Waals surface area contributed by atoms with Crippen molar-refractivity contribution in [3.63, 3.8) is 0 Å². The molecule has 34 heavy (non-hydrogen) atoms. The first kappa shape index (κ1) is 27.9. The zero-order valence-corrected chi connectivity index (χ0v) is 17.7. The summed E-state index contributed by atoms with van der Waals surface area (Å²) in [6.07, 6.45) is -25.1. The summed E-state index contributed by atoms with van der Waals surface area (Å²) < 4.78 is 26.4. The molecular weight excluding hydrogens is 472 g/mol. The summed E-state index contributed by atoms with van der Waals surface area (Å²) in [5.41, 5.74) is 0. The van der Waals surface area contributed by atoms with E-state index in [4.69, 9.17) is 23.7 Å². The number of aliphatic hydroxyl groups is 11. The molecule has 0 aromatic carbocycles. The number of hydrogen-bond donors (Lipinski definition) is 11. The number of ether oxygens (including phenoxy) is 5. The zero-order valence-electron chi connectivity index (χ0n) is 17.7. The molecule has 16 heteroatoms. The smallest absolute Gasteiger partial charge is 0.187 e. The van der Waals surface area contributed by atoms with Gasteiger partial charge in [-0.2, -0.15) is 0 Å². The Bertz CT molecular complexity index is 635. The van der Waals surface area contributed by atoms with Gasteiger partial charge in [-0.15, -0.1) is 0 Å². The predicted octanol–water partition coefficient (Wildman–Crippen LogP) is -7.57. The minimum Gasteiger partial charge on any atom is -0.394 e. The molecule has 0 aromatic rings. The Hall–Kier alpha value is -0.640. The highest BCUT2D eigenvalue weighted by molar-refractivity contribution is 4.96. The molecule has 15 atom stereocenters. The molecule has 3 saturated heterocycles. The summed E-state index contributed by atoms with van der Waals surface area (Å²) in [6, 6.07) is 0. The van der Waals surface area contributed by atoms with Crippen LogP contribution >= 0.6 is 0 Å². The molecule has 3 aliphatic rings. The van der Waals surface area contributed by atoms with E-state index in [-0.39, 0.29) is 0 Å².